The highest BCUT2D eigenvalue weighted by Crippen LogP contribution is 2.35. The van der Waals surface area contributed by atoms with Crippen molar-refractivity contribution in [1.29, 1.82) is 0 Å². The van der Waals surface area contributed by atoms with E-state index >= 15 is 0 Å². The molecular formula is C15H13BrF5N3O2S. The Morgan fingerprint density at radius 2 is 1.89 bits per heavy atom. The van der Waals surface area contributed by atoms with Crippen LogP contribution >= 0.6 is 27.7 Å². The van der Waals surface area contributed by atoms with Gasteiger partial charge in [-0.15, -0.1) is 11.8 Å². The summed E-state index contributed by atoms with van der Waals surface area (Å²) < 4.78 is 68.7. The molecule has 0 unspecified atom stereocenters. The van der Waals surface area contributed by atoms with Crippen LogP contribution in [0, 0.1) is 0 Å². The van der Waals surface area contributed by atoms with E-state index in [0.29, 0.717) is 20.8 Å². The van der Waals surface area contributed by atoms with Crippen molar-refractivity contribution in [2.45, 2.75) is 23.9 Å². The second-order valence-electron chi connectivity index (χ2n) is 5.23. The fourth-order valence-electron chi connectivity index (χ4n) is 1.95. The molecule has 0 bridgehead atoms. The quantitative estimate of drug-likeness (QED) is 0.462. The van der Waals surface area contributed by atoms with Gasteiger partial charge in [0.25, 0.3) is 5.56 Å². The van der Waals surface area contributed by atoms with E-state index in [1.165, 1.54) is 25.0 Å². The van der Waals surface area contributed by atoms with Gasteiger partial charge in [-0.1, -0.05) is 6.92 Å². The minimum atomic E-state index is -5.78. The number of nitrogens with zero attached hydrogens (tertiary/aromatic N) is 3. The Bertz CT molecular complexity index is 889. The Balaban J connectivity index is 2.38. The Kier molecular flexibility index (Phi) is 6.51. The molecule has 148 valence electrons. The first kappa shape index (κ1) is 21.6. The van der Waals surface area contributed by atoms with E-state index in [2.05, 4.69) is 30.6 Å². The van der Waals surface area contributed by atoms with Crippen LogP contribution in [0.3, 0.4) is 0 Å². The standard InChI is InChI=1S/C15H13BrF5N3O2S/c1-3-27-10-4-8(16)5-22-11(10)12-23-6-9(13(25)24(12)2)26-7-14(17,18)15(19,20)21/h4-6H,3,7H2,1-2H3. The van der Waals surface area contributed by atoms with Gasteiger partial charge in [0.05, 0.1) is 6.20 Å². The summed E-state index contributed by atoms with van der Waals surface area (Å²) in [6.07, 6.45) is -3.47. The molecule has 2 rings (SSSR count). The summed E-state index contributed by atoms with van der Waals surface area (Å²) >= 11 is 4.73. The summed E-state index contributed by atoms with van der Waals surface area (Å²) in [5, 5.41) is 0. The molecule has 0 spiro atoms. The Labute approximate surface area is 163 Å². The lowest BCUT2D eigenvalue weighted by molar-refractivity contribution is -0.290. The van der Waals surface area contributed by atoms with Crippen molar-refractivity contribution in [3.63, 3.8) is 0 Å². The number of aromatic nitrogens is 3. The van der Waals surface area contributed by atoms with E-state index < -0.39 is 30.0 Å². The maximum absolute atomic E-state index is 13.0. The third kappa shape index (κ3) is 4.78. The maximum Gasteiger partial charge on any atom is 0.456 e. The Morgan fingerprint density at radius 3 is 2.48 bits per heavy atom. The second kappa shape index (κ2) is 8.13. The average molecular weight is 474 g/mol. The number of rotatable bonds is 6. The molecule has 0 atom stereocenters. The second-order valence-corrected chi connectivity index (χ2v) is 7.46. The molecule has 0 aromatic carbocycles. The van der Waals surface area contributed by atoms with E-state index in [-0.39, 0.29) is 5.82 Å². The predicted octanol–water partition coefficient (Wildman–Crippen LogP) is 4.29. The molecule has 27 heavy (non-hydrogen) atoms. The van der Waals surface area contributed by atoms with Gasteiger partial charge in [0.2, 0.25) is 5.75 Å². The van der Waals surface area contributed by atoms with Crippen LogP contribution < -0.4 is 10.3 Å². The van der Waals surface area contributed by atoms with E-state index in [4.69, 9.17) is 0 Å². The van der Waals surface area contributed by atoms with Crippen LogP contribution in [0.4, 0.5) is 22.0 Å². The van der Waals surface area contributed by atoms with Crippen molar-refractivity contribution in [1.82, 2.24) is 14.5 Å². The van der Waals surface area contributed by atoms with Crippen molar-refractivity contribution in [2.24, 2.45) is 7.05 Å². The summed E-state index contributed by atoms with van der Waals surface area (Å²) in [7, 11) is 1.30. The molecule has 0 radical (unpaired) electrons. The number of hydrogen-bond acceptors (Lipinski definition) is 5. The van der Waals surface area contributed by atoms with Gasteiger partial charge < -0.3 is 4.74 Å². The topological polar surface area (TPSA) is 57.0 Å². The van der Waals surface area contributed by atoms with Crippen molar-refractivity contribution in [2.75, 3.05) is 12.4 Å². The number of hydrogen-bond donors (Lipinski definition) is 0. The summed E-state index contributed by atoms with van der Waals surface area (Å²) in [6, 6.07) is 1.77. The number of alkyl halides is 5. The molecule has 5 nitrogen and oxygen atoms in total. The lowest BCUT2D eigenvalue weighted by Gasteiger charge is -2.19. The van der Waals surface area contributed by atoms with Gasteiger partial charge in [-0.3, -0.25) is 14.3 Å². The van der Waals surface area contributed by atoms with Gasteiger partial charge in [-0.25, -0.2) is 4.98 Å². The molecule has 0 saturated heterocycles. The molecule has 2 aromatic heterocycles. The van der Waals surface area contributed by atoms with Gasteiger partial charge in [0.1, 0.15) is 5.69 Å². The molecule has 12 heteroatoms. The lowest BCUT2D eigenvalue weighted by Crippen LogP contribution is -2.42. The largest absolute Gasteiger partial charge is 0.480 e. The highest BCUT2D eigenvalue weighted by molar-refractivity contribution is 9.10. The van der Waals surface area contributed by atoms with Crippen LogP contribution in [-0.4, -0.2) is 39.0 Å². The first-order valence-electron chi connectivity index (χ1n) is 7.40. The molecule has 0 amide bonds. The zero-order chi connectivity index (χ0) is 20.4. The smallest absolute Gasteiger partial charge is 0.456 e. The van der Waals surface area contributed by atoms with E-state index in [9.17, 15) is 26.7 Å². The van der Waals surface area contributed by atoms with Gasteiger partial charge in [-0.2, -0.15) is 22.0 Å². The predicted molar refractivity (Wildman–Crippen MR) is 93.3 cm³/mol. The fraction of sp³-hybridized carbons (Fsp3) is 0.400. The van der Waals surface area contributed by atoms with E-state index in [1.807, 2.05) is 6.92 Å². The molecule has 0 saturated carbocycles. The first-order valence-corrected chi connectivity index (χ1v) is 9.18. The average Bonchev–Trinajstić information content (AvgIpc) is 2.56. The summed E-state index contributed by atoms with van der Waals surface area (Å²) in [5.74, 6) is -4.97. The van der Waals surface area contributed by atoms with Crippen LogP contribution in [0.1, 0.15) is 6.92 Å². The normalized spacial score (nSPS) is 12.3. The third-order valence-corrected chi connectivity index (χ3v) is 4.64. The monoisotopic (exact) mass is 473 g/mol. The molecule has 0 fully saturated rings. The first-order chi connectivity index (χ1) is 12.5. The van der Waals surface area contributed by atoms with Crippen molar-refractivity contribution < 1.29 is 26.7 Å². The molecule has 0 aliphatic heterocycles. The zero-order valence-electron chi connectivity index (χ0n) is 14.0. The van der Waals surface area contributed by atoms with Gasteiger partial charge in [-0.05, 0) is 27.7 Å². The third-order valence-electron chi connectivity index (χ3n) is 3.29. The van der Waals surface area contributed by atoms with Crippen molar-refractivity contribution >= 4 is 27.7 Å². The fourth-order valence-corrected chi connectivity index (χ4v) is 3.23. The summed E-state index contributed by atoms with van der Waals surface area (Å²) in [6.45, 7) is -0.0974. The van der Waals surface area contributed by atoms with Crippen LogP contribution in [0.25, 0.3) is 11.5 Å². The number of ether oxygens (including phenoxy) is 1. The molecule has 2 aromatic rings. The molecule has 0 aliphatic carbocycles. The molecule has 2 heterocycles. The minimum Gasteiger partial charge on any atom is -0.480 e. The van der Waals surface area contributed by atoms with E-state index in [1.54, 1.807) is 6.07 Å². The Morgan fingerprint density at radius 1 is 1.22 bits per heavy atom. The highest BCUT2D eigenvalue weighted by atomic mass is 79.9. The van der Waals surface area contributed by atoms with Crippen LogP contribution in [0.2, 0.25) is 0 Å². The van der Waals surface area contributed by atoms with Crippen molar-refractivity contribution in [3.05, 3.63) is 33.3 Å². The zero-order valence-corrected chi connectivity index (χ0v) is 16.4. The van der Waals surface area contributed by atoms with Gasteiger partial charge in [0.15, 0.2) is 12.4 Å². The van der Waals surface area contributed by atoms with Crippen LogP contribution in [0.15, 0.2) is 32.6 Å². The molecular weight excluding hydrogens is 461 g/mol. The van der Waals surface area contributed by atoms with Crippen molar-refractivity contribution in [3.8, 4) is 17.3 Å². The summed E-state index contributed by atoms with van der Waals surface area (Å²) in [4.78, 5) is 21.2. The number of halogens is 6. The highest BCUT2D eigenvalue weighted by Gasteiger charge is 2.58. The van der Waals surface area contributed by atoms with Crippen LogP contribution in [0.5, 0.6) is 5.75 Å². The maximum atomic E-state index is 13.0. The molecule has 0 N–H and O–H groups in total. The van der Waals surface area contributed by atoms with Crippen LogP contribution in [-0.2, 0) is 7.05 Å². The van der Waals surface area contributed by atoms with Gasteiger partial charge >= 0.3 is 12.1 Å². The molecule has 0 aliphatic rings. The SMILES string of the molecule is CCSc1cc(Br)cnc1-c1ncc(OCC(F)(F)C(F)(F)F)c(=O)n1C. The van der Waals surface area contributed by atoms with E-state index in [0.717, 1.165) is 10.8 Å². The lowest BCUT2D eigenvalue weighted by atomic mass is 10.3. The Hall–Kier alpha value is -1.69. The number of thioether (sulfide) groups is 1. The van der Waals surface area contributed by atoms with Gasteiger partial charge in [0, 0.05) is 22.6 Å². The minimum absolute atomic E-state index is 0.124. The summed E-state index contributed by atoms with van der Waals surface area (Å²) in [5.41, 5.74) is -0.535. The number of pyridine rings is 1.